The number of methoxy groups -OCH3 is 2. The number of ether oxygens (including phenoxy) is 2. The third-order valence-corrected chi connectivity index (χ3v) is 5.24. The summed E-state index contributed by atoms with van der Waals surface area (Å²) in [5.74, 6) is -1.24. The lowest BCUT2D eigenvalue weighted by Gasteiger charge is -2.17. The largest absolute Gasteiger partial charge is 0.493 e. The summed E-state index contributed by atoms with van der Waals surface area (Å²) in [5.41, 5.74) is 0. The van der Waals surface area contributed by atoms with E-state index in [2.05, 4.69) is 4.72 Å². The molecule has 0 aliphatic rings. The molecule has 1 rings (SSSR count). The Morgan fingerprint density at radius 1 is 1.25 bits per heavy atom. The minimum Gasteiger partial charge on any atom is -0.493 e. The van der Waals surface area contributed by atoms with Crippen LogP contribution in [0.15, 0.2) is 17.0 Å². The van der Waals surface area contributed by atoms with Crippen molar-refractivity contribution in [1.82, 2.24) is 4.72 Å². The van der Waals surface area contributed by atoms with Gasteiger partial charge in [0.05, 0.1) is 25.2 Å². The van der Waals surface area contributed by atoms with Crippen LogP contribution in [0.4, 0.5) is 0 Å². The fourth-order valence-electron chi connectivity index (χ4n) is 2.17. The minimum absolute atomic E-state index is 0.0455. The van der Waals surface area contributed by atoms with Crippen LogP contribution in [0.1, 0.15) is 20.3 Å². The van der Waals surface area contributed by atoms with Crippen LogP contribution in [0.3, 0.4) is 0 Å². The summed E-state index contributed by atoms with van der Waals surface area (Å²) in [6.45, 7) is 3.52. The molecule has 2 N–H and O–H groups in total. The maximum Gasteiger partial charge on any atom is 0.307 e. The van der Waals surface area contributed by atoms with Gasteiger partial charge in [0, 0.05) is 18.7 Å². The van der Waals surface area contributed by atoms with Crippen molar-refractivity contribution in [3.05, 3.63) is 17.2 Å². The highest BCUT2D eigenvalue weighted by molar-refractivity contribution is 7.89. The summed E-state index contributed by atoms with van der Waals surface area (Å²) >= 11 is 6.01. The van der Waals surface area contributed by atoms with Crippen LogP contribution in [0, 0.1) is 11.8 Å². The van der Waals surface area contributed by atoms with E-state index in [0.717, 1.165) is 0 Å². The molecule has 9 heteroatoms. The number of benzene rings is 1. The van der Waals surface area contributed by atoms with Crippen LogP contribution in [-0.4, -0.2) is 40.3 Å². The lowest BCUT2D eigenvalue weighted by molar-refractivity contribution is -0.142. The number of sulfonamides is 1. The Morgan fingerprint density at radius 2 is 1.79 bits per heavy atom. The van der Waals surface area contributed by atoms with Gasteiger partial charge in [0.1, 0.15) is 4.90 Å². The summed E-state index contributed by atoms with van der Waals surface area (Å²) in [7, 11) is -1.21. The predicted molar refractivity (Wildman–Crippen MR) is 90.3 cm³/mol. The van der Waals surface area contributed by atoms with Crippen molar-refractivity contribution in [2.75, 3.05) is 20.8 Å². The van der Waals surface area contributed by atoms with E-state index >= 15 is 0 Å². The summed E-state index contributed by atoms with van der Waals surface area (Å²) in [6.07, 6.45) is 0.359. The maximum absolute atomic E-state index is 12.4. The van der Waals surface area contributed by atoms with Crippen molar-refractivity contribution in [3.8, 4) is 11.5 Å². The second kappa shape index (κ2) is 8.55. The second-order valence-electron chi connectivity index (χ2n) is 5.65. The van der Waals surface area contributed by atoms with Gasteiger partial charge in [-0.3, -0.25) is 4.79 Å². The molecule has 1 atom stereocenters. The van der Waals surface area contributed by atoms with E-state index in [1.54, 1.807) is 0 Å². The third kappa shape index (κ3) is 5.25. The van der Waals surface area contributed by atoms with Gasteiger partial charge in [0.25, 0.3) is 0 Å². The number of rotatable bonds is 9. The van der Waals surface area contributed by atoms with E-state index in [4.69, 9.17) is 21.1 Å². The number of carbonyl (C=O) groups is 1. The molecule has 24 heavy (non-hydrogen) atoms. The molecule has 0 spiro atoms. The average molecular weight is 380 g/mol. The Labute approximate surface area is 147 Å². The lowest BCUT2D eigenvalue weighted by Crippen LogP contribution is -2.33. The van der Waals surface area contributed by atoms with Crippen molar-refractivity contribution in [1.29, 1.82) is 0 Å². The molecule has 0 amide bonds. The Hall–Kier alpha value is -1.51. The van der Waals surface area contributed by atoms with Gasteiger partial charge < -0.3 is 14.6 Å². The molecule has 0 aliphatic carbocycles. The van der Waals surface area contributed by atoms with Crippen LogP contribution in [0.2, 0.25) is 5.02 Å². The van der Waals surface area contributed by atoms with Crippen molar-refractivity contribution < 1.29 is 27.8 Å². The summed E-state index contributed by atoms with van der Waals surface area (Å²) in [5, 5.41) is 9.15. The smallest absolute Gasteiger partial charge is 0.307 e. The molecule has 0 aromatic heterocycles. The first-order valence-corrected chi connectivity index (χ1v) is 9.12. The highest BCUT2D eigenvalue weighted by Gasteiger charge is 2.25. The van der Waals surface area contributed by atoms with Gasteiger partial charge in [0.15, 0.2) is 11.5 Å². The van der Waals surface area contributed by atoms with Crippen molar-refractivity contribution in [3.63, 3.8) is 0 Å². The molecular weight excluding hydrogens is 358 g/mol. The first-order valence-electron chi connectivity index (χ1n) is 7.26. The number of aliphatic carboxylic acids is 1. The van der Waals surface area contributed by atoms with Gasteiger partial charge in [-0.05, 0) is 12.3 Å². The number of halogens is 1. The Bertz CT molecular complexity index is 689. The van der Waals surface area contributed by atoms with Crippen LogP contribution in [-0.2, 0) is 14.8 Å². The molecule has 0 bridgehead atoms. The normalized spacial score (nSPS) is 12.9. The molecule has 0 radical (unpaired) electrons. The second-order valence-corrected chi connectivity index (χ2v) is 7.80. The van der Waals surface area contributed by atoms with Gasteiger partial charge in [-0.25, -0.2) is 13.1 Å². The van der Waals surface area contributed by atoms with E-state index in [0.29, 0.717) is 12.2 Å². The quantitative estimate of drug-likeness (QED) is 0.683. The summed E-state index contributed by atoms with van der Waals surface area (Å²) < 4.78 is 37.3. The highest BCUT2D eigenvalue weighted by atomic mass is 35.5. The molecule has 0 saturated carbocycles. The van der Waals surface area contributed by atoms with Crippen LogP contribution in [0.25, 0.3) is 0 Å². The van der Waals surface area contributed by atoms with Crippen molar-refractivity contribution >= 4 is 27.6 Å². The van der Waals surface area contributed by atoms with Crippen LogP contribution in [0.5, 0.6) is 11.5 Å². The molecule has 136 valence electrons. The van der Waals surface area contributed by atoms with Crippen molar-refractivity contribution in [2.24, 2.45) is 11.8 Å². The molecular formula is C15H22ClNO6S. The maximum atomic E-state index is 12.4. The highest BCUT2D eigenvalue weighted by Crippen LogP contribution is 2.35. The van der Waals surface area contributed by atoms with Gasteiger partial charge in [-0.15, -0.1) is 0 Å². The third-order valence-electron chi connectivity index (χ3n) is 3.35. The van der Waals surface area contributed by atoms with E-state index in [9.17, 15) is 18.3 Å². The van der Waals surface area contributed by atoms with Gasteiger partial charge in [-0.2, -0.15) is 0 Å². The minimum atomic E-state index is -3.99. The zero-order valence-electron chi connectivity index (χ0n) is 14.0. The molecule has 0 saturated heterocycles. The van der Waals surface area contributed by atoms with Crippen LogP contribution < -0.4 is 14.2 Å². The summed E-state index contributed by atoms with van der Waals surface area (Å²) in [4.78, 5) is 11.0. The number of hydrogen-bond acceptors (Lipinski definition) is 5. The first-order chi connectivity index (χ1) is 11.1. The SMILES string of the molecule is COc1cc(Cl)c(S(=O)(=O)NCC(CC(C)C)C(=O)O)cc1OC. The van der Waals surface area contributed by atoms with E-state index in [1.165, 1.54) is 26.4 Å². The monoisotopic (exact) mass is 379 g/mol. The first kappa shape index (κ1) is 20.5. The topological polar surface area (TPSA) is 102 Å². The molecule has 7 nitrogen and oxygen atoms in total. The van der Waals surface area contributed by atoms with Gasteiger partial charge in [0.2, 0.25) is 10.0 Å². The fourth-order valence-corrected chi connectivity index (χ4v) is 3.78. The van der Waals surface area contributed by atoms with Gasteiger partial charge in [-0.1, -0.05) is 25.4 Å². The zero-order valence-corrected chi connectivity index (χ0v) is 15.6. The molecule has 0 fully saturated rings. The molecule has 0 heterocycles. The average Bonchev–Trinajstić information content (AvgIpc) is 2.50. The molecule has 1 aromatic carbocycles. The molecule has 1 aromatic rings. The summed E-state index contributed by atoms with van der Waals surface area (Å²) in [6, 6.07) is 2.57. The predicted octanol–water partition coefficient (Wildman–Crippen LogP) is 2.38. The van der Waals surface area contributed by atoms with Gasteiger partial charge >= 0.3 is 5.97 Å². The number of carboxylic acids is 1. The standard InChI is InChI=1S/C15H22ClNO6S/c1-9(2)5-10(15(18)19)8-17-24(20,21)14-7-13(23-4)12(22-3)6-11(14)16/h6-7,9-10,17H,5,8H2,1-4H3,(H,18,19). The lowest BCUT2D eigenvalue weighted by atomic mass is 9.98. The number of nitrogens with one attached hydrogen (secondary N) is 1. The Kier molecular flexibility index (Phi) is 7.31. The molecule has 1 unspecified atom stereocenters. The van der Waals surface area contributed by atoms with E-state index < -0.39 is 21.9 Å². The fraction of sp³-hybridized carbons (Fsp3) is 0.533. The Balaban J connectivity index is 3.06. The van der Waals surface area contributed by atoms with E-state index in [1.807, 2.05) is 13.8 Å². The number of hydrogen-bond donors (Lipinski definition) is 2. The number of carboxylic acid groups (broad SMARTS) is 1. The van der Waals surface area contributed by atoms with E-state index in [-0.39, 0.29) is 28.1 Å². The van der Waals surface area contributed by atoms with Crippen LogP contribution >= 0.6 is 11.6 Å². The van der Waals surface area contributed by atoms with Crippen molar-refractivity contribution in [2.45, 2.75) is 25.2 Å². The molecule has 0 aliphatic heterocycles. The zero-order chi connectivity index (χ0) is 18.5. The Morgan fingerprint density at radius 3 is 2.25 bits per heavy atom.